The second-order valence-electron chi connectivity index (χ2n) is 5.85. The summed E-state index contributed by atoms with van der Waals surface area (Å²) < 4.78 is 10.4. The van der Waals surface area contributed by atoms with Gasteiger partial charge in [-0.05, 0) is 36.8 Å². The number of carbonyl (C=O) groups is 2. The van der Waals surface area contributed by atoms with Crippen molar-refractivity contribution in [3.63, 3.8) is 0 Å². The predicted molar refractivity (Wildman–Crippen MR) is 107 cm³/mol. The fraction of sp³-hybridized carbons (Fsp3) is 0.300. The molecule has 2 amide bonds. The van der Waals surface area contributed by atoms with E-state index in [1.807, 2.05) is 19.1 Å². The third-order valence-corrected chi connectivity index (χ3v) is 3.76. The van der Waals surface area contributed by atoms with Crippen LogP contribution in [-0.2, 0) is 9.59 Å². The molecule has 7 nitrogen and oxygen atoms in total. The van der Waals surface area contributed by atoms with Crippen LogP contribution < -0.4 is 25.4 Å². The van der Waals surface area contributed by atoms with Crippen molar-refractivity contribution in [1.29, 1.82) is 0 Å². The average molecular weight is 371 g/mol. The number of nitrogens with one attached hydrogen (secondary N) is 3. The molecule has 0 unspecified atom stereocenters. The summed E-state index contributed by atoms with van der Waals surface area (Å²) in [5.74, 6) is 0.902. The van der Waals surface area contributed by atoms with Gasteiger partial charge in [0.05, 0.1) is 26.5 Å². The van der Waals surface area contributed by atoms with Gasteiger partial charge in [0.25, 0.3) is 0 Å². The van der Waals surface area contributed by atoms with Crippen LogP contribution in [0.15, 0.2) is 42.5 Å². The molecule has 0 bridgehead atoms. The van der Waals surface area contributed by atoms with Crippen molar-refractivity contribution in [2.45, 2.75) is 19.8 Å². The van der Waals surface area contributed by atoms with E-state index in [9.17, 15) is 9.59 Å². The lowest BCUT2D eigenvalue weighted by Gasteiger charge is -2.13. The lowest BCUT2D eigenvalue weighted by molar-refractivity contribution is -0.116. The number of rotatable bonds is 9. The molecule has 144 valence electrons. The molecule has 0 saturated carbocycles. The first kappa shape index (κ1) is 20.1. The largest absolute Gasteiger partial charge is 0.497 e. The topological polar surface area (TPSA) is 88.7 Å². The number of hydrogen-bond acceptors (Lipinski definition) is 5. The molecule has 0 spiro atoms. The monoisotopic (exact) mass is 371 g/mol. The number of methoxy groups -OCH3 is 2. The standard InChI is InChI=1S/C20H25N3O4/c1-4-6-19(24)22-15-8-5-7-14(11-15)21-13-20(25)23-17-12-16(26-2)9-10-18(17)27-3/h5,7-12,21H,4,6,13H2,1-3H3,(H,22,24)(H,23,25). The number of benzene rings is 2. The fourth-order valence-electron chi connectivity index (χ4n) is 2.45. The lowest BCUT2D eigenvalue weighted by Crippen LogP contribution is -2.22. The summed E-state index contributed by atoms with van der Waals surface area (Å²) in [5, 5.41) is 8.66. The van der Waals surface area contributed by atoms with Crippen LogP contribution in [0.5, 0.6) is 11.5 Å². The first-order chi connectivity index (χ1) is 13.0. The molecule has 2 aromatic rings. The van der Waals surface area contributed by atoms with Gasteiger partial charge in [-0.25, -0.2) is 0 Å². The minimum atomic E-state index is -0.234. The molecule has 27 heavy (non-hydrogen) atoms. The van der Waals surface area contributed by atoms with E-state index in [4.69, 9.17) is 9.47 Å². The fourth-order valence-corrected chi connectivity index (χ4v) is 2.45. The molecular formula is C20H25N3O4. The van der Waals surface area contributed by atoms with Crippen molar-refractivity contribution < 1.29 is 19.1 Å². The van der Waals surface area contributed by atoms with E-state index in [-0.39, 0.29) is 18.4 Å². The summed E-state index contributed by atoms with van der Waals surface area (Å²) >= 11 is 0. The van der Waals surface area contributed by atoms with E-state index in [2.05, 4.69) is 16.0 Å². The van der Waals surface area contributed by atoms with Crippen molar-refractivity contribution in [2.24, 2.45) is 0 Å². The molecule has 0 saturated heterocycles. The van der Waals surface area contributed by atoms with Crippen LogP contribution in [0.1, 0.15) is 19.8 Å². The Labute approximate surface area is 159 Å². The van der Waals surface area contributed by atoms with Gasteiger partial charge < -0.3 is 25.4 Å². The minimum Gasteiger partial charge on any atom is -0.497 e. The van der Waals surface area contributed by atoms with Crippen LogP contribution in [0.3, 0.4) is 0 Å². The molecule has 0 aliphatic heterocycles. The van der Waals surface area contributed by atoms with Gasteiger partial charge in [0.1, 0.15) is 11.5 Å². The van der Waals surface area contributed by atoms with E-state index in [0.29, 0.717) is 29.3 Å². The van der Waals surface area contributed by atoms with Gasteiger partial charge in [0, 0.05) is 23.9 Å². The second kappa shape index (κ2) is 10.1. The van der Waals surface area contributed by atoms with Gasteiger partial charge in [0.2, 0.25) is 11.8 Å². The minimum absolute atomic E-state index is 0.0301. The van der Waals surface area contributed by atoms with Crippen LogP contribution in [0.25, 0.3) is 0 Å². The number of hydrogen-bond donors (Lipinski definition) is 3. The summed E-state index contributed by atoms with van der Waals surface area (Å²) in [5.41, 5.74) is 1.95. The molecule has 2 rings (SSSR count). The van der Waals surface area contributed by atoms with Gasteiger partial charge in [-0.1, -0.05) is 13.0 Å². The maximum absolute atomic E-state index is 12.3. The van der Waals surface area contributed by atoms with Crippen LogP contribution in [0, 0.1) is 0 Å². The van der Waals surface area contributed by atoms with Crippen molar-refractivity contribution in [2.75, 3.05) is 36.7 Å². The molecule has 0 heterocycles. The number of carbonyl (C=O) groups excluding carboxylic acids is 2. The lowest BCUT2D eigenvalue weighted by atomic mass is 10.2. The van der Waals surface area contributed by atoms with Crippen molar-refractivity contribution in [1.82, 2.24) is 0 Å². The highest BCUT2D eigenvalue weighted by Gasteiger charge is 2.09. The summed E-state index contributed by atoms with van der Waals surface area (Å²) in [6.45, 7) is 2.01. The molecule has 0 aromatic heterocycles. The van der Waals surface area contributed by atoms with Crippen molar-refractivity contribution in [3.05, 3.63) is 42.5 Å². The maximum atomic E-state index is 12.3. The summed E-state index contributed by atoms with van der Waals surface area (Å²) in [4.78, 5) is 23.9. The Morgan fingerprint density at radius 2 is 1.70 bits per heavy atom. The van der Waals surface area contributed by atoms with Gasteiger partial charge in [0.15, 0.2) is 0 Å². The Balaban J connectivity index is 1.95. The number of ether oxygens (including phenoxy) is 2. The molecule has 2 aromatic carbocycles. The Morgan fingerprint density at radius 3 is 2.41 bits per heavy atom. The van der Waals surface area contributed by atoms with Gasteiger partial charge >= 0.3 is 0 Å². The Bertz CT molecular complexity index is 793. The summed E-state index contributed by atoms with van der Waals surface area (Å²) in [6, 6.07) is 12.4. The second-order valence-corrected chi connectivity index (χ2v) is 5.85. The highest BCUT2D eigenvalue weighted by molar-refractivity contribution is 5.95. The third kappa shape index (κ3) is 6.22. The summed E-state index contributed by atoms with van der Waals surface area (Å²) in [7, 11) is 3.09. The normalized spacial score (nSPS) is 10.0. The van der Waals surface area contributed by atoms with E-state index in [1.54, 1.807) is 37.4 Å². The zero-order chi connectivity index (χ0) is 19.6. The first-order valence-corrected chi connectivity index (χ1v) is 8.71. The molecule has 3 N–H and O–H groups in total. The Morgan fingerprint density at radius 1 is 0.926 bits per heavy atom. The van der Waals surface area contributed by atoms with E-state index in [1.165, 1.54) is 7.11 Å². The summed E-state index contributed by atoms with van der Waals surface area (Å²) in [6.07, 6.45) is 1.26. The van der Waals surface area contributed by atoms with Gasteiger partial charge in [-0.2, -0.15) is 0 Å². The maximum Gasteiger partial charge on any atom is 0.243 e. The third-order valence-electron chi connectivity index (χ3n) is 3.76. The molecule has 0 aliphatic rings. The Hall–Kier alpha value is -3.22. The highest BCUT2D eigenvalue weighted by atomic mass is 16.5. The van der Waals surface area contributed by atoms with E-state index in [0.717, 1.165) is 12.1 Å². The van der Waals surface area contributed by atoms with Crippen LogP contribution in [0.2, 0.25) is 0 Å². The zero-order valence-electron chi connectivity index (χ0n) is 15.8. The first-order valence-electron chi connectivity index (χ1n) is 8.71. The highest BCUT2D eigenvalue weighted by Crippen LogP contribution is 2.28. The number of amides is 2. The van der Waals surface area contributed by atoms with E-state index < -0.39 is 0 Å². The van der Waals surface area contributed by atoms with Crippen LogP contribution >= 0.6 is 0 Å². The van der Waals surface area contributed by atoms with Gasteiger partial charge in [-0.15, -0.1) is 0 Å². The van der Waals surface area contributed by atoms with Crippen molar-refractivity contribution >= 4 is 28.9 Å². The SMILES string of the molecule is CCCC(=O)Nc1cccc(NCC(=O)Nc2cc(OC)ccc2OC)c1. The smallest absolute Gasteiger partial charge is 0.243 e. The zero-order valence-corrected chi connectivity index (χ0v) is 15.8. The molecular weight excluding hydrogens is 346 g/mol. The number of anilines is 3. The average Bonchev–Trinajstić information content (AvgIpc) is 2.66. The van der Waals surface area contributed by atoms with Crippen molar-refractivity contribution in [3.8, 4) is 11.5 Å². The predicted octanol–water partition coefficient (Wildman–Crippen LogP) is 3.49. The van der Waals surface area contributed by atoms with Crippen LogP contribution in [-0.4, -0.2) is 32.6 Å². The van der Waals surface area contributed by atoms with Gasteiger partial charge in [-0.3, -0.25) is 9.59 Å². The molecule has 0 radical (unpaired) electrons. The van der Waals surface area contributed by atoms with E-state index >= 15 is 0 Å². The van der Waals surface area contributed by atoms with Crippen LogP contribution in [0.4, 0.5) is 17.1 Å². The molecule has 0 atom stereocenters. The molecule has 0 fully saturated rings. The quantitative estimate of drug-likeness (QED) is 0.628. The molecule has 0 aliphatic carbocycles. The Kier molecular flexibility index (Phi) is 7.49. The molecule has 7 heteroatoms.